The maximum atomic E-state index is 6.62. The molecule has 0 saturated carbocycles. The summed E-state index contributed by atoms with van der Waals surface area (Å²) < 4.78 is 20.5. The monoisotopic (exact) mass is 1020 g/mol. The van der Waals surface area contributed by atoms with E-state index in [2.05, 4.69) is 253 Å². The Morgan fingerprint density at radius 2 is 0.800 bits per heavy atom. The molecule has 13 aromatic rings. The molecule has 3 aromatic heterocycles. The van der Waals surface area contributed by atoms with E-state index in [0.717, 1.165) is 38.8 Å². The molecule has 0 amide bonds. The quantitative estimate of drug-likeness (QED) is 0.155. The molecule has 0 aliphatic carbocycles. The molecule has 70 heavy (non-hydrogen) atoms. The van der Waals surface area contributed by atoms with Gasteiger partial charge in [0, 0.05) is 0 Å². The molecule has 1 aliphatic rings. The van der Waals surface area contributed by atoms with Gasteiger partial charge in [-0.15, -0.1) is 0 Å². The fourth-order valence-corrected chi connectivity index (χ4v) is 37.5. The standard InChI is InChI=1S/C65H44Ge2N2O/c1-5-21-47(22-6-1)66(48-23-7-2-8-24-48)57-33-17-13-29-51(57)52-30-14-18-34-58(52)67(49-25-9-3-10-26-49,50-27-11-4-12-28-50)60-44-46(37-39-59(60)66)45-38-40-62-56(43-45)53-31-15-19-35-61(53)69(62)65-64-55(41-42-68-65)54-32-16-20-36-63(54)70-64/h1-44H. The van der Waals surface area contributed by atoms with Crippen LogP contribution in [0.15, 0.2) is 271 Å². The number of furan rings is 1. The van der Waals surface area contributed by atoms with Crippen LogP contribution in [0.2, 0.25) is 0 Å². The first kappa shape index (κ1) is 41.0. The molecule has 0 N–H and O–H groups in total. The molecule has 0 bridgehead atoms. The second-order valence-electron chi connectivity index (χ2n) is 18.5. The number of hydrogen-bond donors (Lipinski definition) is 0. The number of aromatic nitrogens is 2. The summed E-state index contributed by atoms with van der Waals surface area (Å²) in [6.45, 7) is 0. The zero-order valence-electron chi connectivity index (χ0n) is 38.2. The fourth-order valence-electron chi connectivity index (χ4n) is 12.2. The third-order valence-corrected chi connectivity index (χ3v) is 36.7. The Morgan fingerprint density at radius 1 is 0.329 bits per heavy atom. The molecule has 328 valence electrons. The third kappa shape index (κ3) is 5.92. The van der Waals surface area contributed by atoms with Crippen LogP contribution in [0.25, 0.3) is 71.8 Å². The van der Waals surface area contributed by atoms with Gasteiger partial charge in [0.2, 0.25) is 0 Å². The number of nitrogens with zero attached hydrogens (tertiary/aromatic N) is 2. The molecular formula is C65H44Ge2N2O. The number of rotatable bonds is 6. The van der Waals surface area contributed by atoms with Crippen molar-refractivity contribution in [2.75, 3.05) is 0 Å². The normalized spacial score (nSPS) is 13.7. The molecule has 10 aromatic carbocycles. The topological polar surface area (TPSA) is 31.0 Å². The SMILES string of the molecule is c1cc[c]([Ge]2([c]3ccccc3)[c]3ccccc3-c3cccc[c]3[Ge]([c]3ccccc3)([c]3ccccc3)[c]3cc(-c4ccc5c(c4)c4ccccc4n5-c4nccc5c4oc4ccccc45)cc[c]32)cc1. The predicted molar refractivity (Wildman–Crippen MR) is 298 cm³/mol. The first-order valence-electron chi connectivity index (χ1n) is 24.1. The van der Waals surface area contributed by atoms with Gasteiger partial charge in [-0.1, -0.05) is 18.2 Å². The average molecular weight is 1010 g/mol. The van der Waals surface area contributed by atoms with Crippen molar-refractivity contribution < 1.29 is 4.42 Å². The number of fused-ring (bicyclic) bond motifs is 10. The Bertz CT molecular complexity index is 4050. The van der Waals surface area contributed by atoms with Crippen molar-refractivity contribution >= 4 is 105 Å². The van der Waals surface area contributed by atoms with Gasteiger partial charge in [0.05, 0.1) is 0 Å². The molecule has 14 rings (SSSR count). The van der Waals surface area contributed by atoms with E-state index >= 15 is 0 Å². The van der Waals surface area contributed by atoms with E-state index in [1.54, 1.807) is 0 Å². The molecular weight excluding hydrogens is 970 g/mol. The molecule has 0 radical (unpaired) electrons. The van der Waals surface area contributed by atoms with E-state index in [9.17, 15) is 0 Å². The number of para-hydroxylation sites is 2. The Balaban J connectivity index is 1.12. The van der Waals surface area contributed by atoms with Gasteiger partial charge in [-0.25, -0.2) is 0 Å². The summed E-state index contributed by atoms with van der Waals surface area (Å²) in [6, 6.07) is 98.9. The van der Waals surface area contributed by atoms with E-state index < -0.39 is 26.5 Å². The molecule has 0 fully saturated rings. The zero-order valence-corrected chi connectivity index (χ0v) is 42.4. The molecule has 0 atom stereocenters. The number of hydrogen-bond acceptors (Lipinski definition) is 2. The average Bonchev–Trinajstić information content (AvgIpc) is 3.99. The Kier molecular flexibility index (Phi) is 9.58. The van der Waals surface area contributed by atoms with Gasteiger partial charge < -0.3 is 0 Å². The van der Waals surface area contributed by atoms with Crippen LogP contribution in [0.1, 0.15) is 0 Å². The summed E-state index contributed by atoms with van der Waals surface area (Å²) in [6.07, 6.45) is 1.91. The third-order valence-electron chi connectivity index (χ3n) is 15.1. The van der Waals surface area contributed by atoms with E-state index in [4.69, 9.17) is 9.40 Å². The van der Waals surface area contributed by atoms with Gasteiger partial charge >= 0.3 is 390 Å². The molecule has 3 nitrogen and oxygen atoms in total. The van der Waals surface area contributed by atoms with Crippen molar-refractivity contribution in [2.45, 2.75) is 0 Å². The Morgan fingerprint density at radius 3 is 1.41 bits per heavy atom. The van der Waals surface area contributed by atoms with Crippen molar-refractivity contribution in [3.8, 4) is 28.1 Å². The molecule has 5 heteroatoms. The van der Waals surface area contributed by atoms with Gasteiger partial charge in [0.15, 0.2) is 0 Å². The van der Waals surface area contributed by atoms with E-state index in [0.29, 0.717) is 0 Å². The van der Waals surface area contributed by atoms with E-state index in [-0.39, 0.29) is 0 Å². The molecule has 1 aliphatic heterocycles. The van der Waals surface area contributed by atoms with Crippen molar-refractivity contribution in [1.29, 1.82) is 0 Å². The minimum absolute atomic E-state index is 0.787. The van der Waals surface area contributed by atoms with Crippen LogP contribution in [0.5, 0.6) is 0 Å². The molecule has 0 spiro atoms. The molecule has 0 saturated heterocycles. The van der Waals surface area contributed by atoms with Crippen molar-refractivity contribution in [3.05, 3.63) is 267 Å². The predicted octanol–water partition coefficient (Wildman–Crippen LogP) is 10.5. The van der Waals surface area contributed by atoms with Gasteiger partial charge in [-0.3, -0.25) is 0 Å². The van der Waals surface area contributed by atoms with Crippen LogP contribution in [0.4, 0.5) is 0 Å². The van der Waals surface area contributed by atoms with Crippen LogP contribution in [-0.2, 0) is 0 Å². The van der Waals surface area contributed by atoms with Gasteiger partial charge in [-0.2, -0.15) is 0 Å². The van der Waals surface area contributed by atoms with Crippen molar-refractivity contribution in [3.63, 3.8) is 0 Å². The van der Waals surface area contributed by atoms with Crippen LogP contribution in [0.3, 0.4) is 0 Å². The second kappa shape index (κ2) is 16.3. The summed E-state index contributed by atoms with van der Waals surface area (Å²) in [5.74, 6) is 0.793. The Labute approximate surface area is 411 Å². The van der Waals surface area contributed by atoms with Crippen LogP contribution in [-0.4, -0.2) is 36.1 Å². The van der Waals surface area contributed by atoms with Gasteiger partial charge in [-0.05, 0) is 6.07 Å². The zero-order chi connectivity index (χ0) is 46.2. The fraction of sp³-hybridized carbons (Fsp3) is 0. The molecule has 4 heterocycles. The number of benzene rings is 10. The van der Waals surface area contributed by atoms with Gasteiger partial charge in [0.1, 0.15) is 0 Å². The van der Waals surface area contributed by atoms with E-state index in [1.807, 2.05) is 18.3 Å². The number of pyridine rings is 1. The van der Waals surface area contributed by atoms with Gasteiger partial charge in [0.25, 0.3) is 0 Å². The summed E-state index contributed by atoms with van der Waals surface area (Å²) in [4.78, 5) is 5.04. The van der Waals surface area contributed by atoms with Crippen LogP contribution in [0, 0.1) is 0 Å². The molecule has 0 unspecified atom stereocenters. The summed E-state index contributed by atoms with van der Waals surface area (Å²) >= 11 is -8.04. The summed E-state index contributed by atoms with van der Waals surface area (Å²) in [7, 11) is 0. The minimum atomic E-state index is -4.07. The first-order valence-corrected chi connectivity index (χ1v) is 32.5. The summed E-state index contributed by atoms with van der Waals surface area (Å²) in [5.41, 5.74) is 8.90. The maximum absolute atomic E-state index is 6.62. The van der Waals surface area contributed by atoms with E-state index in [1.165, 1.54) is 68.2 Å². The van der Waals surface area contributed by atoms with Crippen LogP contribution < -0.4 is 35.2 Å². The van der Waals surface area contributed by atoms with Crippen molar-refractivity contribution in [2.24, 2.45) is 0 Å². The second-order valence-corrected chi connectivity index (χ2v) is 34.2. The summed E-state index contributed by atoms with van der Waals surface area (Å²) in [5, 5.41) is 4.50. The Hall–Kier alpha value is -7.96. The van der Waals surface area contributed by atoms with Crippen LogP contribution >= 0.6 is 0 Å². The first-order chi connectivity index (χ1) is 34.7. The van der Waals surface area contributed by atoms with Crippen molar-refractivity contribution in [1.82, 2.24) is 9.55 Å².